The zero-order valence-electron chi connectivity index (χ0n) is 22.0. The molecule has 4 heterocycles. The molecule has 0 radical (unpaired) electrons. The van der Waals surface area contributed by atoms with Gasteiger partial charge in [-0.15, -0.1) is 0 Å². The standard InChI is InChI=1S/C31H31ClFN5S/c1-20-16-21(2)19-36(18-20)26-13-12-22(17-23(26)32)38-30(29(35-31(38)39)25-9-5-6-14-34-25)28-11-7-15-37(28)27-10-4-3-8-24(27)33/h3-15,17,20-21,29-30H,16,18-19H2,1-2H3,(H,35,39)/t20-,21-,29-,30-/m0/s1. The minimum Gasteiger partial charge on any atom is -0.370 e. The number of aromatic nitrogens is 2. The van der Waals surface area contributed by atoms with Gasteiger partial charge in [0, 0.05) is 36.9 Å². The second-order valence-corrected chi connectivity index (χ2v) is 11.5. The Morgan fingerprint density at radius 2 is 1.72 bits per heavy atom. The number of pyridine rings is 1. The Morgan fingerprint density at radius 3 is 2.44 bits per heavy atom. The number of rotatable bonds is 5. The van der Waals surface area contributed by atoms with Gasteiger partial charge in [0.1, 0.15) is 11.9 Å². The maximum atomic E-state index is 15.0. The lowest BCUT2D eigenvalue weighted by molar-refractivity contribution is 0.357. The number of nitrogens with zero attached hydrogens (tertiary/aromatic N) is 4. The number of nitrogens with one attached hydrogen (secondary N) is 1. The summed E-state index contributed by atoms with van der Waals surface area (Å²) in [6.45, 7) is 6.58. The molecule has 0 saturated carbocycles. The van der Waals surface area contributed by atoms with Crippen LogP contribution in [0.25, 0.3) is 5.69 Å². The van der Waals surface area contributed by atoms with E-state index in [-0.39, 0.29) is 17.9 Å². The number of anilines is 2. The molecule has 8 heteroatoms. The molecule has 2 fully saturated rings. The molecule has 0 amide bonds. The van der Waals surface area contributed by atoms with Crippen LogP contribution < -0.4 is 15.1 Å². The van der Waals surface area contributed by atoms with E-state index in [1.165, 1.54) is 12.5 Å². The zero-order valence-corrected chi connectivity index (χ0v) is 23.5. The molecule has 2 aromatic heterocycles. The van der Waals surface area contributed by atoms with E-state index in [0.29, 0.717) is 27.7 Å². The molecule has 5 nitrogen and oxygen atoms in total. The summed E-state index contributed by atoms with van der Waals surface area (Å²) >= 11 is 12.9. The molecule has 2 aliphatic rings. The quantitative estimate of drug-likeness (QED) is 0.259. The van der Waals surface area contributed by atoms with Gasteiger partial charge in [-0.1, -0.05) is 43.6 Å². The summed E-state index contributed by atoms with van der Waals surface area (Å²) in [4.78, 5) is 9.12. The third-order valence-electron chi connectivity index (χ3n) is 7.71. The second-order valence-electron chi connectivity index (χ2n) is 10.7. The minimum atomic E-state index is -0.293. The van der Waals surface area contributed by atoms with E-state index in [1.54, 1.807) is 18.3 Å². The first-order chi connectivity index (χ1) is 18.9. The topological polar surface area (TPSA) is 36.3 Å². The molecule has 0 spiro atoms. The number of halogens is 2. The van der Waals surface area contributed by atoms with Crippen LogP contribution in [0.4, 0.5) is 15.8 Å². The van der Waals surface area contributed by atoms with Gasteiger partial charge in [-0.3, -0.25) is 4.98 Å². The highest BCUT2D eigenvalue weighted by Gasteiger charge is 2.42. The van der Waals surface area contributed by atoms with Crippen LogP contribution in [0.15, 0.2) is 85.2 Å². The Hall–Kier alpha value is -3.42. The molecule has 2 aromatic carbocycles. The molecule has 39 heavy (non-hydrogen) atoms. The van der Waals surface area contributed by atoms with Crippen molar-refractivity contribution in [2.24, 2.45) is 11.8 Å². The third kappa shape index (κ3) is 4.90. The zero-order chi connectivity index (χ0) is 27.1. The molecule has 1 N–H and O–H groups in total. The second kappa shape index (κ2) is 10.6. The van der Waals surface area contributed by atoms with Crippen molar-refractivity contribution in [2.75, 3.05) is 22.9 Å². The molecule has 0 bridgehead atoms. The van der Waals surface area contributed by atoms with Crippen LogP contribution in [0.3, 0.4) is 0 Å². The van der Waals surface area contributed by atoms with Crippen molar-refractivity contribution in [2.45, 2.75) is 32.4 Å². The average Bonchev–Trinajstić information content (AvgIpc) is 3.53. The van der Waals surface area contributed by atoms with Crippen LogP contribution in [0, 0.1) is 17.7 Å². The molecule has 4 atom stereocenters. The van der Waals surface area contributed by atoms with Gasteiger partial charge in [0.05, 0.1) is 28.1 Å². The first-order valence-electron chi connectivity index (χ1n) is 13.4. The number of piperidine rings is 1. The Labute approximate surface area is 239 Å². The molecule has 4 aromatic rings. The summed E-state index contributed by atoms with van der Waals surface area (Å²) in [6.07, 6.45) is 4.90. The van der Waals surface area contributed by atoms with Gasteiger partial charge in [0.2, 0.25) is 0 Å². The van der Waals surface area contributed by atoms with E-state index >= 15 is 0 Å². The number of para-hydroxylation sites is 1. The van der Waals surface area contributed by atoms with Crippen LogP contribution in [0.5, 0.6) is 0 Å². The number of hydrogen-bond donors (Lipinski definition) is 1. The lowest BCUT2D eigenvalue weighted by Gasteiger charge is -2.37. The fourth-order valence-corrected chi connectivity index (χ4v) is 6.84. The summed E-state index contributed by atoms with van der Waals surface area (Å²) in [5, 5.41) is 4.76. The summed E-state index contributed by atoms with van der Waals surface area (Å²) in [5.74, 6) is 0.950. The van der Waals surface area contributed by atoms with E-state index in [9.17, 15) is 4.39 Å². The maximum Gasteiger partial charge on any atom is 0.174 e. The SMILES string of the molecule is C[C@H]1C[C@H](C)CN(c2ccc(N3C(=S)N[C@@H](c4ccccn4)[C@@H]3c3cccn3-c3ccccc3F)cc2Cl)C1. The highest BCUT2D eigenvalue weighted by atomic mass is 35.5. The van der Waals surface area contributed by atoms with Gasteiger partial charge in [0.25, 0.3) is 0 Å². The van der Waals surface area contributed by atoms with E-state index < -0.39 is 0 Å². The lowest BCUT2D eigenvalue weighted by Crippen LogP contribution is -2.38. The van der Waals surface area contributed by atoms with Crippen molar-refractivity contribution >= 4 is 40.3 Å². The van der Waals surface area contributed by atoms with Crippen molar-refractivity contribution in [3.63, 3.8) is 0 Å². The number of thiocarbonyl (C=S) groups is 1. The molecule has 0 unspecified atom stereocenters. The van der Waals surface area contributed by atoms with E-state index in [1.807, 2.05) is 53.2 Å². The fourth-order valence-electron chi connectivity index (χ4n) is 6.20. The largest absolute Gasteiger partial charge is 0.370 e. The van der Waals surface area contributed by atoms with Crippen LogP contribution >= 0.6 is 23.8 Å². The smallest absolute Gasteiger partial charge is 0.174 e. The first kappa shape index (κ1) is 25.8. The Balaban J connectivity index is 1.43. The molecule has 200 valence electrons. The summed E-state index contributed by atoms with van der Waals surface area (Å²) in [6, 6.07) is 22.3. The molecular weight excluding hydrogens is 529 g/mol. The highest BCUT2D eigenvalue weighted by Crippen LogP contribution is 2.44. The van der Waals surface area contributed by atoms with Gasteiger partial charge in [0.15, 0.2) is 5.11 Å². The van der Waals surface area contributed by atoms with Crippen molar-refractivity contribution in [3.8, 4) is 5.69 Å². The third-order valence-corrected chi connectivity index (χ3v) is 8.33. The van der Waals surface area contributed by atoms with Crippen molar-refractivity contribution in [1.29, 1.82) is 0 Å². The molecule has 2 aliphatic heterocycles. The number of benzene rings is 2. The first-order valence-corrected chi connectivity index (χ1v) is 14.2. The molecular formula is C31H31ClFN5S. The van der Waals surface area contributed by atoms with Gasteiger partial charge >= 0.3 is 0 Å². The Morgan fingerprint density at radius 1 is 0.949 bits per heavy atom. The average molecular weight is 560 g/mol. The van der Waals surface area contributed by atoms with Crippen LogP contribution in [-0.2, 0) is 0 Å². The van der Waals surface area contributed by atoms with Crippen LogP contribution in [0.2, 0.25) is 5.02 Å². The predicted octanol–water partition coefficient (Wildman–Crippen LogP) is 7.32. The summed E-state index contributed by atoms with van der Waals surface area (Å²) in [7, 11) is 0. The van der Waals surface area contributed by atoms with Crippen molar-refractivity contribution < 1.29 is 4.39 Å². The van der Waals surface area contributed by atoms with Gasteiger partial charge in [-0.2, -0.15) is 0 Å². The molecule has 2 saturated heterocycles. The minimum absolute atomic E-state index is 0.249. The van der Waals surface area contributed by atoms with Gasteiger partial charge in [-0.25, -0.2) is 4.39 Å². The van der Waals surface area contributed by atoms with Crippen LogP contribution in [-0.4, -0.2) is 27.8 Å². The number of hydrogen-bond acceptors (Lipinski definition) is 3. The summed E-state index contributed by atoms with van der Waals surface area (Å²) in [5.41, 5.74) is 4.15. The van der Waals surface area contributed by atoms with E-state index in [0.717, 1.165) is 35.9 Å². The predicted molar refractivity (Wildman–Crippen MR) is 160 cm³/mol. The van der Waals surface area contributed by atoms with Gasteiger partial charge < -0.3 is 19.7 Å². The molecule has 0 aliphatic carbocycles. The van der Waals surface area contributed by atoms with E-state index in [2.05, 4.69) is 46.1 Å². The molecule has 6 rings (SSSR count). The maximum absolute atomic E-state index is 15.0. The summed E-state index contributed by atoms with van der Waals surface area (Å²) < 4.78 is 16.8. The van der Waals surface area contributed by atoms with Gasteiger partial charge in [-0.05, 0) is 85.1 Å². The lowest BCUT2D eigenvalue weighted by atomic mass is 9.91. The van der Waals surface area contributed by atoms with Crippen LogP contribution in [0.1, 0.15) is 43.7 Å². The van der Waals surface area contributed by atoms with Crippen molar-refractivity contribution in [3.05, 3.63) is 107 Å². The normalized spacial score (nSPS) is 23.2. The van der Waals surface area contributed by atoms with Crippen molar-refractivity contribution in [1.82, 2.24) is 14.9 Å². The Kier molecular flexibility index (Phi) is 7.04. The monoisotopic (exact) mass is 559 g/mol. The Bertz CT molecular complexity index is 1480. The highest BCUT2D eigenvalue weighted by molar-refractivity contribution is 7.80. The van der Waals surface area contributed by atoms with E-state index in [4.69, 9.17) is 23.8 Å². The fraction of sp³-hybridized carbons (Fsp3) is 0.290.